The van der Waals surface area contributed by atoms with Gasteiger partial charge in [-0.15, -0.1) is 11.3 Å². The van der Waals surface area contributed by atoms with Gasteiger partial charge in [-0.1, -0.05) is 6.07 Å². The summed E-state index contributed by atoms with van der Waals surface area (Å²) in [6.07, 6.45) is 1.09. The lowest BCUT2D eigenvalue weighted by molar-refractivity contribution is -0.126. The van der Waals surface area contributed by atoms with E-state index in [4.69, 9.17) is 4.74 Å². The Balaban J connectivity index is 1.54. The predicted molar refractivity (Wildman–Crippen MR) is 94.5 cm³/mol. The van der Waals surface area contributed by atoms with Crippen molar-refractivity contribution in [3.8, 4) is 5.75 Å². The second-order valence-corrected chi connectivity index (χ2v) is 6.76. The molecule has 126 valence electrons. The summed E-state index contributed by atoms with van der Waals surface area (Å²) in [5, 5.41) is 4.97. The Labute approximate surface area is 145 Å². The van der Waals surface area contributed by atoms with Crippen LogP contribution >= 0.6 is 11.3 Å². The highest BCUT2D eigenvalue weighted by Gasteiger charge is 2.34. The molecule has 2 amide bonds. The molecule has 5 nitrogen and oxygen atoms in total. The van der Waals surface area contributed by atoms with Crippen LogP contribution in [0.1, 0.15) is 11.3 Å². The summed E-state index contributed by atoms with van der Waals surface area (Å²) in [5.41, 5.74) is 0.801. The normalized spacial score (nSPS) is 17.1. The predicted octanol–water partition coefficient (Wildman–Crippen LogP) is 2.47. The Bertz CT molecular complexity index is 698. The minimum Gasteiger partial charge on any atom is -0.497 e. The van der Waals surface area contributed by atoms with E-state index in [0.29, 0.717) is 13.1 Å². The van der Waals surface area contributed by atoms with Gasteiger partial charge in [-0.05, 0) is 42.1 Å². The number of ether oxygens (including phenoxy) is 1. The topological polar surface area (TPSA) is 58.6 Å². The van der Waals surface area contributed by atoms with E-state index >= 15 is 0 Å². The first-order chi connectivity index (χ1) is 11.7. The number of nitrogens with one attached hydrogen (secondary N) is 1. The van der Waals surface area contributed by atoms with E-state index in [9.17, 15) is 9.59 Å². The van der Waals surface area contributed by atoms with Crippen molar-refractivity contribution >= 4 is 28.8 Å². The summed E-state index contributed by atoms with van der Waals surface area (Å²) in [4.78, 5) is 27.4. The number of carbonyl (C=O) groups excluding carboxylic acids is 2. The van der Waals surface area contributed by atoms with Crippen LogP contribution in [0.4, 0.5) is 5.69 Å². The maximum Gasteiger partial charge on any atom is 0.227 e. The molecule has 6 heteroatoms. The fraction of sp³-hybridized carbons (Fsp3) is 0.333. The van der Waals surface area contributed by atoms with Gasteiger partial charge in [0.1, 0.15) is 5.75 Å². The molecule has 0 bridgehead atoms. The summed E-state index contributed by atoms with van der Waals surface area (Å²) in [6, 6.07) is 11.4. The minimum absolute atomic E-state index is 0.0152. The van der Waals surface area contributed by atoms with Crippen molar-refractivity contribution < 1.29 is 14.3 Å². The Hall–Kier alpha value is -2.34. The molecule has 2 aromatic rings. The van der Waals surface area contributed by atoms with Gasteiger partial charge in [0.25, 0.3) is 0 Å². The molecule has 24 heavy (non-hydrogen) atoms. The number of nitrogens with zero attached hydrogens (tertiary/aromatic N) is 1. The standard InChI is InChI=1S/C18H20N2O3S/c1-23-15-6-4-14(5-7-15)20-12-13(11-17(20)21)18(22)19-9-8-16-3-2-10-24-16/h2-7,10,13H,8-9,11-12H2,1H3,(H,19,22)/t13-/m1/s1. The Kier molecular flexibility index (Phi) is 5.15. The molecule has 1 saturated heterocycles. The van der Waals surface area contributed by atoms with Crippen LogP contribution in [-0.2, 0) is 16.0 Å². The van der Waals surface area contributed by atoms with Crippen LogP contribution in [0.25, 0.3) is 0 Å². The van der Waals surface area contributed by atoms with E-state index in [1.807, 2.05) is 35.7 Å². The van der Waals surface area contributed by atoms with E-state index in [1.54, 1.807) is 23.3 Å². The highest BCUT2D eigenvalue weighted by molar-refractivity contribution is 7.09. The molecule has 1 atom stereocenters. The van der Waals surface area contributed by atoms with Gasteiger partial charge in [0.2, 0.25) is 11.8 Å². The minimum atomic E-state index is -0.289. The van der Waals surface area contributed by atoms with Gasteiger partial charge in [0.15, 0.2) is 0 Å². The van der Waals surface area contributed by atoms with Crippen LogP contribution in [0.3, 0.4) is 0 Å². The number of hydrogen-bond donors (Lipinski definition) is 1. The van der Waals surface area contributed by atoms with Crippen LogP contribution in [0.5, 0.6) is 5.75 Å². The van der Waals surface area contributed by atoms with E-state index < -0.39 is 0 Å². The molecule has 0 radical (unpaired) electrons. The number of methoxy groups -OCH3 is 1. The van der Waals surface area contributed by atoms with Gasteiger partial charge in [-0.3, -0.25) is 9.59 Å². The zero-order valence-corrected chi connectivity index (χ0v) is 14.3. The van der Waals surface area contributed by atoms with Crippen molar-refractivity contribution in [3.63, 3.8) is 0 Å². The average Bonchev–Trinajstić information content (AvgIpc) is 3.24. The van der Waals surface area contributed by atoms with E-state index in [1.165, 1.54) is 4.88 Å². The summed E-state index contributed by atoms with van der Waals surface area (Å²) in [6.45, 7) is 1.03. The Morgan fingerprint density at radius 3 is 2.79 bits per heavy atom. The van der Waals surface area contributed by atoms with Crippen molar-refractivity contribution in [2.75, 3.05) is 25.1 Å². The molecule has 0 unspecified atom stereocenters. The third-order valence-corrected chi connectivity index (χ3v) is 5.07. The maximum absolute atomic E-state index is 12.3. The fourth-order valence-corrected chi connectivity index (χ4v) is 3.51. The summed E-state index contributed by atoms with van der Waals surface area (Å²) >= 11 is 1.68. The van der Waals surface area contributed by atoms with Gasteiger partial charge in [-0.2, -0.15) is 0 Å². The highest BCUT2D eigenvalue weighted by Crippen LogP contribution is 2.26. The molecule has 1 aliphatic rings. The largest absolute Gasteiger partial charge is 0.497 e. The molecular formula is C18H20N2O3S. The first-order valence-electron chi connectivity index (χ1n) is 7.92. The van der Waals surface area contributed by atoms with Gasteiger partial charge in [0, 0.05) is 30.1 Å². The SMILES string of the molecule is COc1ccc(N2C[C@H](C(=O)NCCc3cccs3)CC2=O)cc1. The van der Waals surface area contributed by atoms with E-state index in [2.05, 4.69) is 11.4 Å². The lowest BCUT2D eigenvalue weighted by Gasteiger charge is -2.17. The summed E-state index contributed by atoms with van der Waals surface area (Å²) in [7, 11) is 1.60. The van der Waals surface area contributed by atoms with Gasteiger partial charge >= 0.3 is 0 Å². The van der Waals surface area contributed by atoms with Crippen molar-refractivity contribution in [1.82, 2.24) is 5.32 Å². The van der Waals surface area contributed by atoms with Crippen LogP contribution in [-0.4, -0.2) is 32.0 Å². The molecule has 1 aromatic carbocycles. The number of thiophene rings is 1. The number of benzene rings is 1. The van der Waals surface area contributed by atoms with Crippen molar-refractivity contribution in [2.45, 2.75) is 12.8 Å². The second kappa shape index (κ2) is 7.49. The molecule has 1 aliphatic heterocycles. The summed E-state index contributed by atoms with van der Waals surface area (Å²) in [5.74, 6) is 0.394. The number of carbonyl (C=O) groups is 2. The lowest BCUT2D eigenvalue weighted by atomic mass is 10.1. The molecule has 2 heterocycles. The zero-order chi connectivity index (χ0) is 16.9. The molecule has 1 N–H and O–H groups in total. The Morgan fingerprint density at radius 2 is 2.12 bits per heavy atom. The molecule has 1 aromatic heterocycles. The first kappa shape index (κ1) is 16.5. The number of amides is 2. The molecular weight excluding hydrogens is 324 g/mol. The number of hydrogen-bond acceptors (Lipinski definition) is 4. The molecule has 1 fully saturated rings. The zero-order valence-electron chi connectivity index (χ0n) is 13.5. The van der Waals surface area contributed by atoms with Crippen molar-refractivity contribution in [2.24, 2.45) is 5.92 Å². The van der Waals surface area contributed by atoms with Gasteiger partial charge in [-0.25, -0.2) is 0 Å². The summed E-state index contributed by atoms with van der Waals surface area (Å²) < 4.78 is 5.13. The van der Waals surface area contributed by atoms with Gasteiger partial charge < -0.3 is 15.0 Å². The van der Waals surface area contributed by atoms with Crippen LogP contribution < -0.4 is 15.0 Å². The third kappa shape index (κ3) is 3.76. The molecule has 3 rings (SSSR count). The van der Waals surface area contributed by atoms with Gasteiger partial charge in [0.05, 0.1) is 13.0 Å². The second-order valence-electron chi connectivity index (χ2n) is 5.72. The first-order valence-corrected chi connectivity index (χ1v) is 8.80. The number of rotatable bonds is 6. The fourth-order valence-electron chi connectivity index (χ4n) is 2.80. The van der Waals surface area contributed by atoms with Crippen LogP contribution in [0, 0.1) is 5.92 Å². The van der Waals surface area contributed by atoms with Crippen LogP contribution in [0.15, 0.2) is 41.8 Å². The van der Waals surface area contributed by atoms with Crippen molar-refractivity contribution in [3.05, 3.63) is 46.7 Å². The maximum atomic E-state index is 12.3. The smallest absolute Gasteiger partial charge is 0.227 e. The molecule has 0 spiro atoms. The average molecular weight is 344 g/mol. The van der Waals surface area contributed by atoms with E-state index in [-0.39, 0.29) is 24.2 Å². The Morgan fingerprint density at radius 1 is 1.33 bits per heavy atom. The van der Waals surface area contributed by atoms with Crippen LogP contribution in [0.2, 0.25) is 0 Å². The van der Waals surface area contributed by atoms with E-state index in [0.717, 1.165) is 17.9 Å². The molecule has 0 saturated carbocycles. The number of anilines is 1. The quantitative estimate of drug-likeness (QED) is 0.876. The third-order valence-electron chi connectivity index (χ3n) is 4.13. The molecule has 0 aliphatic carbocycles. The van der Waals surface area contributed by atoms with Crippen molar-refractivity contribution in [1.29, 1.82) is 0 Å². The highest BCUT2D eigenvalue weighted by atomic mass is 32.1. The lowest BCUT2D eigenvalue weighted by Crippen LogP contribution is -2.34. The monoisotopic (exact) mass is 344 g/mol.